The van der Waals surface area contributed by atoms with Gasteiger partial charge in [0, 0.05) is 37.0 Å². The van der Waals surface area contributed by atoms with Crippen molar-refractivity contribution in [2.45, 2.75) is 25.1 Å². The molecule has 1 aliphatic rings. The van der Waals surface area contributed by atoms with Gasteiger partial charge in [0.05, 0.1) is 19.3 Å². The van der Waals surface area contributed by atoms with Gasteiger partial charge < -0.3 is 15.2 Å². The van der Waals surface area contributed by atoms with Gasteiger partial charge in [-0.2, -0.15) is 5.10 Å². The van der Waals surface area contributed by atoms with E-state index in [1.54, 1.807) is 10.9 Å². The van der Waals surface area contributed by atoms with E-state index in [0.717, 1.165) is 12.2 Å². The first-order chi connectivity index (χ1) is 9.83. The van der Waals surface area contributed by atoms with Crippen molar-refractivity contribution in [2.75, 3.05) is 13.2 Å². The number of benzene rings is 1. The molecule has 1 aromatic heterocycles. The lowest BCUT2D eigenvalue weighted by Gasteiger charge is -2.27. The van der Waals surface area contributed by atoms with Crippen molar-refractivity contribution in [3.63, 3.8) is 0 Å². The molecule has 5 heteroatoms. The molecule has 2 unspecified atom stereocenters. The highest BCUT2D eigenvalue weighted by Gasteiger charge is 2.21. The standard InChI is InChI=1S/C15H19N3O2/c19-12(11-18-8-3-7-17-18)10-16-14-6-9-20-15-5-2-1-4-13(14)15/h1-5,7-8,12,14,16,19H,6,9-11H2. The molecule has 0 aliphatic carbocycles. The van der Waals surface area contributed by atoms with Gasteiger partial charge in [-0.25, -0.2) is 0 Å². The number of nitrogens with one attached hydrogen (secondary N) is 1. The van der Waals surface area contributed by atoms with Gasteiger partial charge in [0.1, 0.15) is 5.75 Å². The van der Waals surface area contributed by atoms with Gasteiger partial charge in [0.25, 0.3) is 0 Å². The highest BCUT2D eigenvalue weighted by atomic mass is 16.5. The quantitative estimate of drug-likeness (QED) is 0.863. The topological polar surface area (TPSA) is 59.3 Å². The van der Waals surface area contributed by atoms with E-state index in [1.165, 1.54) is 5.56 Å². The Kier molecular flexibility index (Phi) is 3.99. The van der Waals surface area contributed by atoms with E-state index in [9.17, 15) is 5.11 Å². The van der Waals surface area contributed by atoms with Crippen molar-refractivity contribution in [1.82, 2.24) is 15.1 Å². The van der Waals surface area contributed by atoms with E-state index in [2.05, 4.69) is 16.5 Å². The molecule has 106 valence electrons. The van der Waals surface area contributed by atoms with Gasteiger partial charge in [-0.15, -0.1) is 0 Å². The molecule has 0 saturated heterocycles. The second-order valence-corrected chi connectivity index (χ2v) is 5.02. The zero-order valence-corrected chi connectivity index (χ0v) is 11.3. The molecule has 2 N–H and O–H groups in total. The van der Waals surface area contributed by atoms with Crippen LogP contribution in [0.3, 0.4) is 0 Å². The Morgan fingerprint density at radius 1 is 1.40 bits per heavy atom. The number of aliphatic hydroxyl groups excluding tert-OH is 1. The Bertz CT molecular complexity index is 542. The van der Waals surface area contributed by atoms with Crippen LogP contribution < -0.4 is 10.1 Å². The van der Waals surface area contributed by atoms with Crippen molar-refractivity contribution in [1.29, 1.82) is 0 Å². The SMILES string of the molecule is OC(CNC1CCOc2ccccc21)Cn1cccn1. The molecule has 0 amide bonds. The average molecular weight is 273 g/mol. The lowest BCUT2D eigenvalue weighted by Crippen LogP contribution is -2.35. The number of fused-ring (bicyclic) bond motifs is 1. The fourth-order valence-corrected chi connectivity index (χ4v) is 2.52. The van der Waals surface area contributed by atoms with Crippen LogP contribution in [0.4, 0.5) is 0 Å². The van der Waals surface area contributed by atoms with Crippen LogP contribution >= 0.6 is 0 Å². The lowest BCUT2D eigenvalue weighted by molar-refractivity contribution is 0.138. The maximum absolute atomic E-state index is 10.0. The number of aliphatic hydroxyl groups is 1. The summed E-state index contributed by atoms with van der Waals surface area (Å²) in [6, 6.07) is 10.2. The molecule has 0 bridgehead atoms. The second kappa shape index (κ2) is 6.07. The van der Waals surface area contributed by atoms with Crippen LogP contribution in [0.1, 0.15) is 18.0 Å². The van der Waals surface area contributed by atoms with E-state index in [4.69, 9.17) is 4.74 Å². The van der Waals surface area contributed by atoms with Crippen molar-refractivity contribution in [3.05, 3.63) is 48.3 Å². The number of hydrogen-bond acceptors (Lipinski definition) is 4. The summed E-state index contributed by atoms with van der Waals surface area (Å²) in [5.74, 6) is 0.942. The monoisotopic (exact) mass is 273 g/mol. The van der Waals surface area contributed by atoms with Crippen molar-refractivity contribution >= 4 is 0 Å². The fraction of sp³-hybridized carbons (Fsp3) is 0.400. The van der Waals surface area contributed by atoms with Crippen LogP contribution in [0.25, 0.3) is 0 Å². The molecular formula is C15H19N3O2. The summed E-state index contributed by atoms with van der Waals surface area (Å²) < 4.78 is 7.37. The fourth-order valence-electron chi connectivity index (χ4n) is 2.52. The highest BCUT2D eigenvalue weighted by molar-refractivity contribution is 5.37. The predicted octanol–water partition coefficient (Wildman–Crippen LogP) is 1.36. The molecule has 5 nitrogen and oxygen atoms in total. The van der Waals surface area contributed by atoms with Crippen LogP contribution in [-0.4, -0.2) is 34.1 Å². The first-order valence-electron chi connectivity index (χ1n) is 6.93. The summed E-state index contributed by atoms with van der Waals surface area (Å²) in [6.07, 6.45) is 4.04. The molecule has 0 spiro atoms. The van der Waals surface area contributed by atoms with E-state index < -0.39 is 6.10 Å². The molecule has 0 fully saturated rings. The normalized spacial score (nSPS) is 19.1. The van der Waals surface area contributed by atoms with Crippen LogP contribution in [0.2, 0.25) is 0 Å². The van der Waals surface area contributed by atoms with Gasteiger partial charge in [-0.05, 0) is 12.1 Å². The molecule has 2 atom stereocenters. The average Bonchev–Trinajstić information content (AvgIpc) is 2.98. The minimum Gasteiger partial charge on any atom is -0.493 e. The minimum atomic E-state index is -0.454. The van der Waals surface area contributed by atoms with E-state index in [0.29, 0.717) is 19.7 Å². The summed E-state index contributed by atoms with van der Waals surface area (Å²) in [5.41, 5.74) is 1.17. The second-order valence-electron chi connectivity index (χ2n) is 5.02. The van der Waals surface area contributed by atoms with Gasteiger partial charge in [-0.1, -0.05) is 18.2 Å². The zero-order chi connectivity index (χ0) is 13.8. The summed E-state index contributed by atoms with van der Waals surface area (Å²) in [5, 5.41) is 17.6. The van der Waals surface area contributed by atoms with Gasteiger partial charge >= 0.3 is 0 Å². The maximum atomic E-state index is 10.0. The highest BCUT2D eigenvalue weighted by Crippen LogP contribution is 2.31. The molecular weight excluding hydrogens is 254 g/mol. The molecule has 1 aliphatic heterocycles. The Labute approximate surface area is 118 Å². The molecule has 0 radical (unpaired) electrons. The van der Waals surface area contributed by atoms with Gasteiger partial charge in [0.2, 0.25) is 0 Å². The maximum Gasteiger partial charge on any atom is 0.124 e. The molecule has 0 saturated carbocycles. The minimum absolute atomic E-state index is 0.243. The molecule has 2 aromatic rings. The number of rotatable bonds is 5. The summed E-state index contributed by atoms with van der Waals surface area (Å²) in [6.45, 7) is 1.76. The number of hydrogen-bond donors (Lipinski definition) is 2. The van der Waals surface area contributed by atoms with Crippen LogP contribution in [0.5, 0.6) is 5.75 Å². The van der Waals surface area contributed by atoms with E-state index in [-0.39, 0.29) is 6.04 Å². The summed E-state index contributed by atoms with van der Waals surface area (Å²) in [4.78, 5) is 0. The van der Waals surface area contributed by atoms with Crippen molar-refractivity contribution in [2.24, 2.45) is 0 Å². The molecule has 20 heavy (non-hydrogen) atoms. The van der Waals surface area contributed by atoms with E-state index >= 15 is 0 Å². The number of aromatic nitrogens is 2. The van der Waals surface area contributed by atoms with Crippen molar-refractivity contribution < 1.29 is 9.84 Å². The molecule has 1 aromatic carbocycles. The van der Waals surface area contributed by atoms with Crippen LogP contribution in [0.15, 0.2) is 42.7 Å². The first-order valence-corrected chi connectivity index (χ1v) is 6.93. The largest absolute Gasteiger partial charge is 0.493 e. The van der Waals surface area contributed by atoms with Gasteiger partial charge in [0.15, 0.2) is 0 Å². The predicted molar refractivity (Wildman–Crippen MR) is 75.5 cm³/mol. The Morgan fingerprint density at radius 2 is 2.30 bits per heavy atom. The Balaban J connectivity index is 1.56. The Morgan fingerprint density at radius 3 is 3.15 bits per heavy atom. The lowest BCUT2D eigenvalue weighted by atomic mass is 10.0. The molecule has 3 rings (SSSR count). The van der Waals surface area contributed by atoms with E-state index in [1.807, 2.05) is 30.5 Å². The first kappa shape index (κ1) is 13.1. The van der Waals surface area contributed by atoms with Crippen molar-refractivity contribution in [3.8, 4) is 5.75 Å². The van der Waals surface area contributed by atoms with Gasteiger partial charge in [-0.3, -0.25) is 4.68 Å². The molecule has 2 heterocycles. The Hall–Kier alpha value is -1.85. The summed E-state index contributed by atoms with van der Waals surface area (Å²) >= 11 is 0. The number of para-hydroxylation sites is 1. The third-order valence-corrected chi connectivity index (χ3v) is 3.52. The number of nitrogens with zero attached hydrogens (tertiary/aromatic N) is 2. The summed E-state index contributed by atoms with van der Waals surface area (Å²) in [7, 11) is 0. The third kappa shape index (κ3) is 3.00. The van der Waals surface area contributed by atoms with Crippen LogP contribution in [0, 0.1) is 0 Å². The van der Waals surface area contributed by atoms with Crippen LogP contribution in [-0.2, 0) is 6.54 Å². The third-order valence-electron chi connectivity index (χ3n) is 3.52. The zero-order valence-electron chi connectivity index (χ0n) is 11.3. The number of ether oxygens (including phenoxy) is 1. The smallest absolute Gasteiger partial charge is 0.124 e.